The molecular formula is C18H33N3O4S. The summed E-state index contributed by atoms with van der Waals surface area (Å²) >= 11 is 0. The van der Waals surface area contributed by atoms with E-state index in [1.807, 2.05) is 11.8 Å². The number of sulfonamides is 1. The summed E-state index contributed by atoms with van der Waals surface area (Å²) in [5.74, 6) is -0.135. The normalized spacial score (nSPS) is 24.3. The van der Waals surface area contributed by atoms with Crippen LogP contribution in [-0.2, 0) is 19.6 Å². The predicted octanol–water partition coefficient (Wildman–Crippen LogP) is 1.20. The molecule has 0 bridgehead atoms. The first-order valence-corrected chi connectivity index (χ1v) is 11.6. The molecule has 2 amide bonds. The second-order valence-corrected chi connectivity index (χ2v) is 9.74. The van der Waals surface area contributed by atoms with E-state index in [1.165, 1.54) is 10.6 Å². The Balaban J connectivity index is 1.87. The van der Waals surface area contributed by atoms with Crippen molar-refractivity contribution in [3.8, 4) is 0 Å². The second-order valence-electron chi connectivity index (χ2n) is 7.76. The molecule has 0 unspecified atom stereocenters. The van der Waals surface area contributed by atoms with E-state index in [0.717, 1.165) is 25.7 Å². The monoisotopic (exact) mass is 387 g/mol. The molecule has 2 aliphatic heterocycles. The number of carbonyl (C=O) groups is 2. The lowest BCUT2D eigenvalue weighted by Gasteiger charge is -2.37. The quantitative estimate of drug-likeness (QED) is 0.742. The number of nitrogens with zero attached hydrogens (tertiary/aromatic N) is 2. The van der Waals surface area contributed by atoms with E-state index in [2.05, 4.69) is 12.2 Å². The maximum atomic E-state index is 12.8. The van der Waals surface area contributed by atoms with E-state index in [-0.39, 0.29) is 29.7 Å². The van der Waals surface area contributed by atoms with E-state index in [4.69, 9.17) is 0 Å². The molecule has 8 heteroatoms. The third-order valence-corrected chi connectivity index (χ3v) is 6.79. The van der Waals surface area contributed by atoms with Crippen LogP contribution in [0, 0.1) is 11.8 Å². The average molecular weight is 388 g/mol. The molecule has 0 aromatic carbocycles. The van der Waals surface area contributed by atoms with Crippen molar-refractivity contribution in [2.75, 3.05) is 32.4 Å². The smallest absolute Gasteiger partial charge is 0.225 e. The van der Waals surface area contributed by atoms with Gasteiger partial charge in [0.05, 0.1) is 12.2 Å². The molecule has 2 saturated heterocycles. The molecule has 150 valence electrons. The summed E-state index contributed by atoms with van der Waals surface area (Å²) in [6, 6.07) is 0.166. The summed E-state index contributed by atoms with van der Waals surface area (Å²) < 4.78 is 24.6. The Kier molecular flexibility index (Phi) is 7.46. The highest BCUT2D eigenvalue weighted by Crippen LogP contribution is 2.25. The van der Waals surface area contributed by atoms with Gasteiger partial charge in [0.25, 0.3) is 0 Å². The molecular weight excluding hydrogens is 354 g/mol. The maximum absolute atomic E-state index is 12.8. The fourth-order valence-corrected chi connectivity index (χ4v) is 4.82. The van der Waals surface area contributed by atoms with Gasteiger partial charge in [-0.1, -0.05) is 13.3 Å². The number of hydrogen-bond acceptors (Lipinski definition) is 4. The van der Waals surface area contributed by atoms with Gasteiger partial charge in [-0.2, -0.15) is 0 Å². The van der Waals surface area contributed by atoms with Crippen LogP contribution >= 0.6 is 0 Å². The zero-order valence-corrected chi connectivity index (χ0v) is 17.1. The summed E-state index contributed by atoms with van der Waals surface area (Å²) in [6.45, 7) is 6.10. The predicted molar refractivity (Wildman–Crippen MR) is 101 cm³/mol. The SMILES string of the molecule is CCC[C@H](C)NC(=O)[C@H]1CCCN(C(=O)C2CCN(S(C)(=O)=O)CC2)C1. The third-order valence-electron chi connectivity index (χ3n) is 5.49. The lowest BCUT2D eigenvalue weighted by Crippen LogP contribution is -2.50. The van der Waals surface area contributed by atoms with Crippen LogP contribution in [0.1, 0.15) is 52.4 Å². The summed E-state index contributed by atoms with van der Waals surface area (Å²) in [7, 11) is -3.18. The third kappa shape index (κ3) is 5.67. The fourth-order valence-electron chi connectivity index (χ4n) is 3.95. The summed E-state index contributed by atoms with van der Waals surface area (Å²) in [4.78, 5) is 27.1. The van der Waals surface area contributed by atoms with Crippen LogP contribution in [0.2, 0.25) is 0 Å². The number of amides is 2. The molecule has 2 heterocycles. The van der Waals surface area contributed by atoms with Crippen LogP contribution in [-0.4, -0.2) is 67.9 Å². The van der Waals surface area contributed by atoms with E-state index in [9.17, 15) is 18.0 Å². The van der Waals surface area contributed by atoms with Crippen LogP contribution in [0.4, 0.5) is 0 Å². The molecule has 1 N–H and O–H groups in total. The van der Waals surface area contributed by atoms with Crippen LogP contribution in [0.3, 0.4) is 0 Å². The van der Waals surface area contributed by atoms with Gasteiger partial charge in [-0.15, -0.1) is 0 Å². The highest BCUT2D eigenvalue weighted by atomic mass is 32.2. The molecule has 26 heavy (non-hydrogen) atoms. The van der Waals surface area contributed by atoms with Gasteiger partial charge < -0.3 is 10.2 Å². The Morgan fingerprint density at radius 2 is 1.77 bits per heavy atom. The zero-order chi connectivity index (χ0) is 19.3. The van der Waals surface area contributed by atoms with E-state index < -0.39 is 10.0 Å². The highest BCUT2D eigenvalue weighted by Gasteiger charge is 2.35. The van der Waals surface area contributed by atoms with Crippen molar-refractivity contribution in [1.82, 2.24) is 14.5 Å². The standard InChI is InChI=1S/C18H33N3O4S/c1-4-6-14(2)19-17(22)16-7-5-10-20(13-16)18(23)15-8-11-21(12-9-15)26(3,24)25/h14-16H,4-13H2,1-3H3,(H,19,22)/t14-,16-/m0/s1. The Hall–Kier alpha value is -1.15. The molecule has 7 nitrogen and oxygen atoms in total. The van der Waals surface area contributed by atoms with Crippen molar-refractivity contribution in [2.45, 2.75) is 58.4 Å². The van der Waals surface area contributed by atoms with Gasteiger partial charge in [-0.25, -0.2) is 12.7 Å². The Morgan fingerprint density at radius 3 is 2.35 bits per heavy atom. The van der Waals surface area contributed by atoms with Gasteiger partial charge in [0.15, 0.2) is 0 Å². The van der Waals surface area contributed by atoms with E-state index in [0.29, 0.717) is 39.0 Å². The Morgan fingerprint density at radius 1 is 1.12 bits per heavy atom. The van der Waals surface area contributed by atoms with Gasteiger partial charge >= 0.3 is 0 Å². The lowest BCUT2D eigenvalue weighted by atomic mass is 9.92. The molecule has 2 aliphatic rings. The molecule has 2 rings (SSSR count). The van der Waals surface area contributed by atoms with Crippen LogP contribution in [0.5, 0.6) is 0 Å². The van der Waals surface area contributed by atoms with Crippen molar-refractivity contribution >= 4 is 21.8 Å². The van der Waals surface area contributed by atoms with Crippen LogP contribution < -0.4 is 5.32 Å². The molecule has 0 aliphatic carbocycles. The summed E-state index contributed by atoms with van der Waals surface area (Å²) in [5, 5.41) is 3.06. The summed E-state index contributed by atoms with van der Waals surface area (Å²) in [6.07, 6.45) is 5.99. The summed E-state index contributed by atoms with van der Waals surface area (Å²) in [5.41, 5.74) is 0. The first-order valence-electron chi connectivity index (χ1n) is 9.76. The lowest BCUT2D eigenvalue weighted by molar-refractivity contribution is -0.140. The molecule has 0 aromatic rings. The highest BCUT2D eigenvalue weighted by molar-refractivity contribution is 7.88. The molecule has 0 radical (unpaired) electrons. The van der Waals surface area contributed by atoms with Gasteiger partial charge in [-0.05, 0) is 39.0 Å². The molecule has 2 atom stereocenters. The molecule has 0 aromatic heterocycles. The van der Waals surface area contributed by atoms with Gasteiger partial charge in [-0.3, -0.25) is 9.59 Å². The fraction of sp³-hybridized carbons (Fsp3) is 0.889. The van der Waals surface area contributed by atoms with Crippen molar-refractivity contribution in [1.29, 1.82) is 0 Å². The number of nitrogens with one attached hydrogen (secondary N) is 1. The largest absolute Gasteiger partial charge is 0.353 e. The number of hydrogen-bond donors (Lipinski definition) is 1. The number of carbonyl (C=O) groups excluding carboxylic acids is 2. The first kappa shape index (κ1) is 21.2. The average Bonchev–Trinajstić information content (AvgIpc) is 2.60. The first-order chi connectivity index (χ1) is 12.2. The minimum Gasteiger partial charge on any atom is -0.353 e. The van der Waals surface area contributed by atoms with Gasteiger partial charge in [0, 0.05) is 38.1 Å². The van der Waals surface area contributed by atoms with Crippen molar-refractivity contribution in [3.63, 3.8) is 0 Å². The van der Waals surface area contributed by atoms with Crippen molar-refractivity contribution < 1.29 is 18.0 Å². The van der Waals surface area contributed by atoms with Crippen LogP contribution in [0.25, 0.3) is 0 Å². The van der Waals surface area contributed by atoms with Crippen molar-refractivity contribution in [3.05, 3.63) is 0 Å². The number of piperidine rings is 2. The van der Waals surface area contributed by atoms with Gasteiger partial charge in [0.2, 0.25) is 21.8 Å². The number of likely N-dealkylation sites (tertiary alicyclic amines) is 1. The Bertz CT molecular complexity index is 600. The minimum absolute atomic E-state index is 0.0512. The van der Waals surface area contributed by atoms with Gasteiger partial charge in [0.1, 0.15) is 0 Å². The molecule has 2 fully saturated rings. The maximum Gasteiger partial charge on any atom is 0.225 e. The molecule has 0 spiro atoms. The topological polar surface area (TPSA) is 86.8 Å². The molecule has 0 saturated carbocycles. The zero-order valence-electron chi connectivity index (χ0n) is 16.2. The Labute approximate surface area is 157 Å². The van der Waals surface area contributed by atoms with E-state index >= 15 is 0 Å². The minimum atomic E-state index is -3.18. The van der Waals surface area contributed by atoms with E-state index in [1.54, 1.807) is 0 Å². The van der Waals surface area contributed by atoms with Crippen molar-refractivity contribution in [2.24, 2.45) is 11.8 Å². The van der Waals surface area contributed by atoms with Crippen LogP contribution in [0.15, 0.2) is 0 Å². The number of rotatable bonds is 6. The second kappa shape index (κ2) is 9.17.